The van der Waals surface area contributed by atoms with Gasteiger partial charge in [0.25, 0.3) is 0 Å². The highest BCUT2D eigenvalue weighted by molar-refractivity contribution is 5.03. The fraction of sp³-hybridized carbons (Fsp3) is 0.750. The van der Waals surface area contributed by atoms with Crippen LogP contribution < -0.4 is 0 Å². The third-order valence-corrected chi connectivity index (χ3v) is 2.67. The summed E-state index contributed by atoms with van der Waals surface area (Å²) in [6, 6.07) is 0. The van der Waals surface area contributed by atoms with Crippen molar-refractivity contribution >= 4 is 0 Å². The van der Waals surface area contributed by atoms with Gasteiger partial charge in [-0.15, -0.1) is 0 Å². The Labute approximate surface area is 92.1 Å². The lowest BCUT2D eigenvalue weighted by Crippen LogP contribution is -2.07. The van der Waals surface area contributed by atoms with E-state index in [2.05, 4.69) is 12.0 Å². The molecule has 0 radical (unpaired) electrons. The molecule has 0 bridgehead atoms. The molecular weight excluding hydrogens is 188 g/mol. The third-order valence-electron chi connectivity index (χ3n) is 2.67. The van der Waals surface area contributed by atoms with Gasteiger partial charge in [0, 0.05) is 13.2 Å². The molecule has 1 rings (SSSR count). The Morgan fingerprint density at radius 1 is 1.40 bits per heavy atom. The lowest BCUT2D eigenvalue weighted by molar-refractivity contribution is 0.151. The molecule has 1 atom stereocenters. The minimum atomic E-state index is -0.142. The van der Waals surface area contributed by atoms with Crippen LogP contribution in [0.2, 0.25) is 0 Å². The van der Waals surface area contributed by atoms with Gasteiger partial charge in [-0.2, -0.15) is 5.10 Å². The Bertz CT molecular complexity index is 270. The summed E-state index contributed by atoms with van der Waals surface area (Å²) in [6.45, 7) is 2.18. The van der Waals surface area contributed by atoms with Gasteiger partial charge in [0.2, 0.25) is 0 Å². The molecule has 0 spiro atoms. The summed E-state index contributed by atoms with van der Waals surface area (Å²) in [5.41, 5.74) is 1.21. The summed E-state index contributed by atoms with van der Waals surface area (Å²) >= 11 is 0. The molecule has 15 heavy (non-hydrogen) atoms. The average Bonchev–Trinajstić information content (AvgIpc) is 2.62. The maximum atomic E-state index is 9.72. The molecule has 86 valence electrons. The van der Waals surface area contributed by atoms with Gasteiger partial charge in [0.15, 0.2) is 0 Å². The van der Waals surface area contributed by atoms with Crippen LogP contribution in [0, 0.1) is 0 Å². The topological polar surface area (TPSA) is 38.1 Å². The molecule has 0 amide bonds. The van der Waals surface area contributed by atoms with E-state index >= 15 is 0 Å². The fourth-order valence-electron chi connectivity index (χ4n) is 1.71. The van der Waals surface area contributed by atoms with Crippen LogP contribution in [0.15, 0.2) is 12.4 Å². The minimum Gasteiger partial charge on any atom is -0.393 e. The van der Waals surface area contributed by atoms with Crippen molar-refractivity contribution in [2.75, 3.05) is 0 Å². The Hall–Kier alpha value is -0.830. The van der Waals surface area contributed by atoms with Gasteiger partial charge >= 0.3 is 0 Å². The molecule has 1 aromatic rings. The third kappa shape index (κ3) is 4.98. The van der Waals surface area contributed by atoms with E-state index in [1.807, 2.05) is 19.4 Å². The number of unbranched alkanes of at least 4 members (excludes halogenated alkanes) is 2. The van der Waals surface area contributed by atoms with E-state index in [0.717, 1.165) is 25.7 Å². The molecule has 0 fully saturated rings. The summed E-state index contributed by atoms with van der Waals surface area (Å²) in [5, 5.41) is 13.8. The predicted octanol–water partition coefficient (Wildman–Crippen LogP) is 2.29. The van der Waals surface area contributed by atoms with Crippen LogP contribution in [-0.4, -0.2) is 21.0 Å². The maximum Gasteiger partial charge on any atom is 0.0543 e. The Morgan fingerprint density at radius 2 is 2.20 bits per heavy atom. The summed E-state index contributed by atoms with van der Waals surface area (Å²) in [6.07, 6.45) is 10.1. The smallest absolute Gasteiger partial charge is 0.0543 e. The Morgan fingerprint density at radius 3 is 2.80 bits per heavy atom. The number of aromatic nitrogens is 2. The van der Waals surface area contributed by atoms with Crippen LogP contribution in [0.3, 0.4) is 0 Å². The fourth-order valence-corrected chi connectivity index (χ4v) is 1.71. The van der Waals surface area contributed by atoms with Crippen molar-refractivity contribution in [1.82, 2.24) is 9.78 Å². The molecule has 0 aliphatic heterocycles. The number of aliphatic hydroxyl groups excluding tert-OH is 1. The van der Waals surface area contributed by atoms with E-state index in [1.165, 1.54) is 18.4 Å². The van der Waals surface area contributed by atoms with Gasteiger partial charge in [0.1, 0.15) is 0 Å². The first-order chi connectivity index (χ1) is 7.22. The monoisotopic (exact) mass is 210 g/mol. The molecule has 3 heteroatoms. The molecular formula is C12H22N2O. The van der Waals surface area contributed by atoms with E-state index in [4.69, 9.17) is 0 Å². The Balaban J connectivity index is 2.13. The second-order valence-electron chi connectivity index (χ2n) is 4.21. The van der Waals surface area contributed by atoms with E-state index in [0.29, 0.717) is 0 Å². The molecule has 0 saturated heterocycles. The number of rotatable bonds is 7. The SMILES string of the molecule is CCCCCC(O)CCc1cnn(C)c1. The number of nitrogens with zero attached hydrogens (tertiary/aromatic N) is 2. The molecule has 0 aliphatic rings. The number of hydrogen-bond donors (Lipinski definition) is 1. The van der Waals surface area contributed by atoms with Crippen molar-refractivity contribution < 1.29 is 5.11 Å². The van der Waals surface area contributed by atoms with Crippen LogP contribution in [0.4, 0.5) is 0 Å². The van der Waals surface area contributed by atoms with Crippen molar-refractivity contribution in [2.24, 2.45) is 7.05 Å². The van der Waals surface area contributed by atoms with Gasteiger partial charge in [0.05, 0.1) is 12.3 Å². The molecule has 0 aliphatic carbocycles. The summed E-state index contributed by atoms with van der Waals surface area (Å²) < 4.78 is 1.80. The normalized spacial score (nSPS) is 13.0. The van der Waals surface area contributed by atoms with E-state index in [1.54, 1.807) is 4.68 Å². The van der Waals surface area contributed by atoms with Crippen molar-refractivity contribution in [2.45, 2.75) is 51.6 Å². The molecule has 3 nitrogen and oxygen atoms in total. The van der Waals surface area contributed by atoms with Crippen LogP contribution in [0.1, 0.15) is 44.6 Å². The highest BCUT2D eigenvalue weighted by Gasteiger charge is 2.05. The van der Waals surface area contributed by atoms with E-state index in [-0.39, 0.29) is 6.10 Å². The van der Waals surface area contributed by atoms with Crippen LogP contribution in [0.5, 0.6) is 0 Å². The van der Waals surface area contributed by atoms with Crippen LogP contribution in [-0.2, 0) is 13.5 Å². The maximum absolute atomic E-state index is 9.72. The first-order valence-corrected chi connectivity index (χ1v) is 5.88. The standard InChI is InChI=1S/C12H22N2O/c1-3-4-5-6-12(15)8-7-11-9-13-14(2)10-11/h9-10,12,15H,3-8H2,1-2H3. The summed E-state index contributed by atoms with van der Waals surface area (Å²) in [7, 11) is 1.92. The molecule has 0 saturated carbocycles. The first kappa shape index (κ1) is 12.2. The van der Waals surface area contributed by atoms with Gasteiger partial charge < -0.3 is 5.11 Å². The van der Waals surface area contributed by atoms with Crippen molar-refractivity contribution in [3.63, 3.8) is 0 Å². The van der Waals surface area contributed by atoms with Gasteiger partial charge in [-0.3, -0.25) is 4.68 Å². The lowest BCUT2D eigenvalue weighted by Gasteiger charge is -2.08. The molecule has 0 aromatic carbocycles. The highest BCUT2D eigenvalue weighted by Crippen LogP contribution is 2.10. The summed E-state index contributed by atoms with van der Waals surface area (Å²) in [4.78, 5) is 0. The number of aryl methyl sites for hydroxylation is 2. The molecule has 1 aromatic heterocycles. The highest BCUT2D eigenvalue weighted by atomic mass is 16.3. The van der Waals surface area contributed by atoms with Gasteiger partial charge in [-0.05, 0) is 24.8 Å². The molecule has 1 unspecified atom stereocenters. The molecule has 1 heterocycles. The quantitative estimate of drug-likeness (QED) is 0.701. The van der Waals surface area contributed by atoms with Crippen LogP contribution in [0.25, 0.3) is 0 Å². The zero-order chi connectivity index (χ0) is 11.1. The minimum absolute atomic E-state index is 0.142. The second kappa shape index (κ2) is 6.62. The van der Waals surface area contributed by atoms with Gasteiger partial charge in [-0.1, -0.05) is 26.2 Å². The van der Waals surface area contributed by atoms with Crippen molar-refractivity contribution in [3.05, 3.63) is 18.0 Å². The average molecular weight is 210 g/mol. The van der Waals surface area contributed by atoms with E-state index < -0.39 is 0 Å². The largest absolute Gasteiger partial charge is 0.393 e. The zero-order valence-electron chi connectivity index (χ0n) is 9.82. The predicted molar refractivity (Wildman–Crippen MR) is 61.7 cm³/mol. The van der Waals surface area contributed by atoms with E-state index in [9.17, 15) is 5.11 Å². The van der Waals surface area contributed by atoms with Gasteiger partial charge in [-0.25, -0.2) is 0 Å². The van der Waals surface area contributed by atoms with Crippen molar-refractivity contribution in [1.29, 1.82) is 0 Å². The second-order valence-corrected chi connectivity index (χ2v) is 4.21. The number of hydrogen-bond acceptors (Lipinski definition) is 2. The zero-order valence-corrected chi connectivity index (χ0v) is 9.82. The number of aliphatic hydroxyl groups is 1. The lowest BCUT2D eigenvalue weighted by atomic mass is 10.0. The Kier molecular flexibility index (Phi) is 5.40. The van der Waals surface area contributed by atoms with Crippen molar-refractivity contribution in [3.8, 4) is 0 Å². The first-order valence-electron chi connectivity index (χ1n) is 5.88. The van der Waals surface area contributed by atoms with Crippen LogP contribution >= 0.6 is 0 Å². The molecule has 1 N–H and O–H groups in total. The summed E-state index contributed by atoms with van der Waals surface area (Å²) in [5.74, 6) is 0.